The van der Waals surface area contributed by atoms with Crippen LogP contribution in [0.3, 0.4) is 0 Å². The summed E-state index contributed by atoms with van der Waals surface area (Å²) in [7, 11) is 0. The van der Waals surface area contributed by atoms with Gasteiger partial charge in [0.05, 0.1) is 26.2 Å². The molecule has 1 heterocycles. The van der Waals surface area contributed by atoms with Gasteiger partial charge in [0.2, 0.25) is 5.91 Å². The number of ether oxygens (including phenoxy) is 2. The molecule has 3 rings (SSSR count). The Balaban J connectivity index is 1.46. The third-order valence-corrected chi connectivity index (χ3v) is 4.40. The number of benzene rings is 2. The van der Waals surface area contributed by atoms with E-state index in [4.69, 9.17) is 9.47 Å². The first-order valence-electron chi connectivity index (χ1n) is 9.14. The number of hydrogen-bond donors (Lipinski definition) is 1. The van der Waals surface area contributed by atoms with Gasteiger partial charge in [-0.2, -0.15) is 0 Å². The number of anilines is 1. The van der Waals surface area contributed by atoms with Crippen LogP contribution in [0.5, 0.6) is 5.75 Å². The molecule has 2 aromatic rings. The van der Waals surface area contributed by atoms with E-state index in [0.717, 1.165) is 43.2 Å². The molecule has 0 radical (unpaired) electrons. The summed E-state index contributed by atoms with van der Waals surface area (Å²) < 4.78 is 10.8. The summed E-state index contributed by atoms with van der Waals surface area (Å²) in [5.41, 5.74) is 3.29. The summed E-state index contributed by atoms with van der Waals surface area (Å²) in [5, 5.41) is 2.98. The summed E-state index contributed by atoms with van der Waals surface area (Å²) in [6.45, 7) is 6.56. The molecule has 1 saturated heterocycles. The Morgan fingerprint density at radius 2 is 1.69 bits per heavy atom. The van der Waals surface area contributed by atoms with E-state index in [-0.39, 0.29) is 5.91 Å². The maximum absolute atomic E-state index is 12.1. The van der Waals surface area contributed by atoms with Gasteiger partial charge in [0.1, 0.15) is 5.75 Å². The molecule has 1 N–H and O–H groups in total. The molecule has 0 bridgehead atoms. The van der Waals surface area contributed by atoms with Crippen LogP contribution in [0.4, 0.5) is 5.69 Å². The lowest BCUT2D eigenvalue weighted by molar-refractivity contribution is -0.120. The quantitative estimate of drug-likeness (QED) is 0.831. The third kappa shape index (κ3) is 5.23. The van der Waals surface area contributed by atoms with Crippen molar-refractivity contribution in [3.05, 3.63) is 59.7 Å². The molecule has 2 aromatic carbocycles. The summed E-state index contributed by atoms with van der Waals surface area (Å²) in [5.74, 6) is 0.850. The maximum atomic E-state index is 12.1. The fourth-order valence-electron chi connectivity index (χ4n) is 2.96. The van der Waals surface area contributed by atoms with E-state index in [2.05, 4.69) is 34.5 Å². The number of nitrogens with one attached hydrogen (secondary N) is 1. The summed E-state index contributed by atoms with van der Waals surface area (Å²) >= 11 is 0. The Hall–Kier alpha value is -2.53. The van der Waals surface area contributed by atoms with E-state index in [0.29, 0.717) is 19.6 Å². The van der Waals surface area contributed by atoms with Gasteiger partial charge in [-0.05, 0) is 42.3 Å². The normalized spacial score (nSPS) is 14.1. The Bertz CT molecular complexity index is 692. The molecule has 1 aliphatic rings. The van der Waals surface area contributed by atoms with Crippen LogP contribution < -0.4 is 15.0 Å². The zero-order chi connectivity index (χ0) is 18.2. The van der Waals surface area contributed by atoms with Crippen molar-refractivity contribution >= 4 is 11.6 Å². The average Bonchev–Trinajstić information content (AvgIpc) is 2.69. The molecule has 138 valence electrons. The van der Waals surface area contributed by atoms with Crippen LogP contribution in [0.15, 0.2) is 48.5 Å². The largest absolute Gasteiger partial charge is 0.494 e. The minimum absolute atomic E-state index is 0.0198. The van der Waals surface area contributed by atoms with E-state index >= 15 is 0 Å². The standard InChI is InChI=1S/C21H26N2O3/c1-2-26-20-9-5-17(6-10-20)15-21(24)22-16-18-3-7-19(8-4-18)23-11-13-25-14-12-23/h3-10H,2,11-16H2,1H3,(H,22,24). The lowest BCUT2D eigenvalue weighted by Crippen LogP contribution is -2.36. The third-order valence-electron chi connectivity index (χ3n) is 4.40. The Kier molecular flexibility index (Phi) is 6.50. The van der Waals surface area contributed by atoms with Crippen molar-refractivity contribution in [1.82, 2.24) is 5.32 Å². The fourth-order valence-corrected chi connectivity index (χ4v) is 2.96. The number of amides is 1. The van der Waals surface area contributed by atoms with Crippen molar-refractivity contribution in [3.63, 3.8) is 0 Å². The second-order valence-electron chi connectivity index (χ2n) is 6.30. The van der Waals surface area contributed by atoms with Crippen molar-refractivity contribution in [3.8, 4) is 5.75 Å². The topological polar surface area (TPSA) is 50.8 Å². The van der Waals surface area contributed by atoms with Crippen LogP contribution in [-0.4, -0.2) is 38.8 Å². The average molecular weight is 354 g/mol. The zero-order valence-corrected chi connectivity index (χ0v) is 15.2. The Labute approximate surface area is 154 Å². The van der Waals surface area contributed by atoms with Gasteiger partial charge >= 0.3 is 0 Å². The summed E-state index contributed by atoms with van der Waals surface area (Å²) in [6.07, 6.45) is 0.373. The molecule has 26 heavy (non-hydrogen) atoms. The van der Waals surface area contributed by atoms with Crippen LogP contribution in [0.25, 0.3) is 0 Å². The van der Waals surface area contributed by atoms with Gasteiger partial charge in [-0.15, -0.1) is 0 Å². The predicted octanol–water partition coefficient (Wildman–Crippen LogP) is 2.78. The highest BCUT2D eigenvalue weighted by molar-refractivity contribution is 5.78. The number of carbonyl (C=O) groups excluding carboxylic acids is 1. The summed E-state index contributed by atoms with van der Waals surface area (Å²) in [6, 6.07) is 16.0. The van der Waals surface area contributed by atoms with Crippen LogP contribution in [0.1, 0.15) is 18.1 Å². The lowest BCUT2D eigenvalue weighted by Gasteiger charge is -2.28. The van der Waals surface area contributed by atoms with Gasteiger partial charge < -0.3 is 19.7 Å². The van der Waals surface area contributed by atoms with Crippen molar-refractivity contribution in [1.29, 1.82) is 0 Å². The van der Waals surface area contributed by atoms with Gasteiger partial charge in [0.25, 0.3) is 0 Å². The molecule has 1 aliphatic heterocycles. The van der Waals surface area contributed by atoms with E-state index < -0.39 is 0 Å². The van der Waals surface area contributed by atoms with Crippen molar-refractivity contribution in [2.75, 3.05) is 37.8 Å². The molecular weight excluding hydrogens is 328 g/mol. The van der Waals surface area contributed by atoms with Crippen LogP contribution in [0.2, 0.25) is 0 Å². The minimum Gasteiger partial charge on any atom is -0.494 e. The van der Waals surface area contributed by atoms with Gasteiger partial charge in [0, 0.05) is 25.3 Å². The second-order valence-corrected chi connectivity index (χ2v) is 6.30. The zero-order valence-electron chi connectivity index (χ0n) is 15.2. The Morgan fingerprint density at radius 1 is 1.04 bits per heavy atom. The molecule has 0 atom stereocenters. The monoisotopic (exact) mass is 354 g/mol. The van der Waals surface area contributed by atoms with E-state index in [1.54, 1.807) is 0 Å². The van der Waals surface area contributed by atoms with Crippen molar-refractivity contribution < 1.29 is 14.3 Å². The van der Waals surface area contributed by atoms with Crippen molar-refractivity contribution in [2.24, 2.45) is 0 Å². The molecule has 1 fully saturated rings. The summed E-state index contributed by atoms with van der Waals surface area (Å²) in [4.78, 5) is 14.5. The number of morpholine rings is 1. The van der Waals surface area contributed by atoms with Gasteiger partial charge in [-0.3, -0.25) is 4.79 Å². The fraction of sp³-hybridized carbons (Fsp3) is 0.381. The molecule has 0 aliphatic carbocycles. The highest BCUT2D eigenvalue weighted by atomic mass is 16.5. The molecule has 5 heteroatoms. The molecule has 5 nitrogen and oxygen atoms in total. The van der Waals surface area contributed by atoms with E-state index in [1.165, 1.54) is 5.69 Å². The highest BCUT2D eigenvalue weighted by Gasteiger charge is 2.11. The molecule has 1 amide bonds. The number of nitrogens with zero attached hydrogens (tertiary/aromatic N) is 1. The van der Waals surface area contributed by atoms with Crippen LogP contribution in [0, 0.1) is 0 Å². The minimum atomic E-state index is 0.0198. The number of rotatable bonds is 7. The van der Waals surface area contributed by atoms with Gasteiger partial charge in [-0.25, -0.2) is 0 Å². The maximum Gasteiger partial charge on any atom is 0.224 e. The highest BCUT2D eigenvalue weighted by Crippen LogP contribution is 2.17. The molecule has 0 unspecified atom stereocenters. The Morgan fingerprint density at radius 3 is 2.35 bits per heavy atom. The molecule has 0 aromatic heterocycles. The predicted molar refractivity (Wildman–Crippen MR) is 103 cm³/mol. The first kappa shape index (κ1) is 18.3. The van der Waals surface area contributed by atoms with Gasteiger partial charge in [0.15, 0.2) is 0 Å². The van der Waals surface area contributed by atoms with Crippen LogP contribution >= 0.6 is 0 Å². The first-order valence-corrected chi connectivity index (χ1v) is 9.14. The smallest absolute Gasteiger partial charge is 0.224 e. The molecular formula is C21H26N2O3. The first-order chi connectivity index (χ1) is 12.7. The second kappa shape index (κ2) is 9.25. The van der Waals surface area contributed by atoms with E-state index in [1.807, 2.05) is 31.2 Å². The van der Waals surface area contributed by atoms with Crippen LogP contribution in [-0.2, 0) is 22.5 Å². The number of carbonyl (C=O) groups is 1. The van der Waals surface area contributed by atoms with E-state index in [9.17, 15) is 4.79 Å². The lowest BCUT2D eigenvalue weighted by atomic mass is 10.1. The van der Waals surface area contributed by atoms with Crippen molar-refractivity contribution in [2.45, 2.75) is 19.9 Å². The number of hydrogen-bond acceptors (Lipinski definition) is 4. The SMILES string of the molecule is CCOc1ccc(CC(=O)NCc2ccc(N3CCOCC3)cc2)cc1. The van der Waals surface area contributed by atoms with Gasteiger partial charge in [-0.1, -0.05) is 24.3 Å². The molecule has 0 spiro atoms. The molecule has 0 saturated carbocycles.